The summed E-state index contributed by atoms with van der Waals surface area (Å²) in [6.45, 7) is 1.20. The van der Waals surface area contributed by atoms with E-state index < -0.39 is 9.92 Å². The first kappa shape index (κ1) is 19.3. The average molecular weight is 430 g/mol. The number of anilines is 2. The minimum Gasteiger partial charge on any atom is -0.338 e. The Bertz CT molecular complexity index is 1060. The molecule has 1 N–H and O–H groups in total. The van der Waals surface area contributed by atoms with Gasteiger partial charge in [0, 0.05) is 35.0 Å². The SMILES string of the molecule is CN=S(=O)(NCCN1c2ccccc2Sc2ccccc21)c1ccc(Cl)cc1. The Morgan fingerprint density at radius 2 is 1.54 bits per heavy atom. The van der Waals surface area contributed by atoms with Crippen LogP contribution in [-0.2, 0) is 9.92 Å². The van der Waals surface area contributed by atoms with E-state index in [2.05, 4.69) is 50.4 Å². The number of rotatable bonds is 5. The van der Waals surface area contributed by atoms with Crippen molar-refractivity contribution < 1.29 is 4.21 Å². The van der Waals surface area contributed by atoms with E-state index in [-0.39, 0.29) is 0 Å². The molecule has 0 amide bonds. The molecule has 0 spiro atoms. The van der Waals surface area contributed by atoms with Crippen molar-refractivity contribution in [2.24, 2.45) is 4.36 Å². The van der Waals surface area contributed by atoms with Crippen molar-refractivity contribution in [3.05, 3.63) is 77.8 Å². The van der Waals surface area contributed by atoms with Crippen molar-refractivity contribution in [3.63, 3.8) is 0 Å². The standard InChI is InChI=1S/C21H20ClN3OS2/c1-23-28(26,17-12-10-16(22)11-13-17)24-14-15-25-18-6-2-4-8-20(18)27-21-9-5-3-7-19(21)25/h2-13H,14-15H2,1H3,(H,23,24,26). The van der Waals surface area contributed by atoms with Crippen molar-refractivity contribution in [2.75, 3.05) is 25.0 Å². The van der Waals surface area contributed by atoms with Crippen LogP contribution in [0, 0.1) is 0 Å². The van der Waals surface area contributed by atoms with E-state index in [9.17, 15) is 4.21 Å². The van der Waals surface area contributed by atoms with Crippen LogP contribution in [0.25, 0.3) is 0 Å². The van der Waals surface area contributed by atoms with Crippen molar-refractivity contribution in [1.82, 2.24) is 4.72 Å². The highest BCUT2D eigenvalue weighted by Crippen LogP contribution is 2.47. The Hall–Kier alpha value is -1.99. The molecule has 4 nitrogen and oxygen atoms in total. The van der Waals surface area contributed by atoms with Gasteiger partial charge < -0.3 is 4.90 Å². The van der Waals surface area contributed by atoms with Crippen molar-refractivity contribution >= 4 is 44.7 Å². The summed E-state index contributed by atoms with van der Waals surface area (Å²) in [5.74, 6) is 0. The lowest BCUT2D eigenvalue weighted by Gasteiger charge is -2.32. The van der Waals surface area contributed by atoms with Crippen LogP contribution in [0.5, 0.6) is 0 Å². The van der Waals surface area contributed by atoms with Gasteiger partial charge >= 0.3 is 0 Å². The van der Waals surface area contributed by atoms with Gasteiger partial charge in [-0.25, -0.2) is 13.3 Å². The van der Waals surface area contributed by atoms with Crippen LogP contribution in [0.15, 0.2) is 91.8 Å². The first-order valence-corrected chi connectivity index (χ1v) is 11.6. The maximum absolute atomic E-state index is 13.3. The lowest BCUT2D eigenvalue weighted by Crippen LogP contribution is -2.33. The third-order valence-corrected chi connectivity index (χ3v) is 7.96. The number of hydrogen-bond acceptors (Lipinski definition) is 4. The number of nitrogens with zero attached hydrogens (tertiary/aromatic N) is 2. The van der Waals surface area contributed by atoms with E-state index in [1.54, 1.807) is 43.1 Å². The fourth-order valence-electron chi connectivity index (χ4n) is 3.19. The zero-order chi connectivity index (χ0) is 19.6. The van der Waals surface area contributed by atoms with Crippen molar-refractivity contribution in [1.29, 1.82) is 0 Å². The molecular formula is C21H20ClN3OS2. The molecule has 0 fully saturated rings. The van der Waals surface area contributed by atoms with Crippen molar-refractivity contribution in [3.8, 4) is 0 Å². The molecule has 0 saturated heterocycles. The molecule has 3 aromatic carbocycles. The number of hydrogen-bond donors (Lipinski definition) is 1. The largest absolute Gasteiger partial charge is 0.338 e. The van der Waals surface area contributed by atoms with E-state index in [4.69, 9.17) is 11.6 Å². The molecule has 0 bridgehead atoms. The number of benzene rings is 3. The summed E-state index contributed by atoms with van der Waals surface area (Å²) in [6.07, 6.45) is 0. The van der Waals surface area contributed by atoms with Crippen LogP contribution in [0.4, 0.5) is 11.4 Å². The lowest BCUT2D eigenvalue weighted by molar-refractivity contribution is 0.663. The summed E-state index contributed by atoms with van der Waals surface area (Å²) in [4.78, 5) is 5.35. The Balaban J connectivity index is 1.57. The van der Waals surface area contributed by atoms with Gasteiger partial charge in [-0.05, 0) is 48.5 Å². The van der Waals surface area contributed by atoms with E-state index in [1.165, 1.54) is 21.2 Å². The summed E-state index contributed by atoms with van der Waals surface area (Å²) >= 11 is 7.73. The van der Waals surface area contributed by atoms with Gasteiger partial charge in [0.2, 0.25) is 0 Å². The molecule has 0 aliphatic carbocycles. The van der Waals surface area contributed by atoms with Gasteiger partial charge in [-0.15, -0.1) is 0 Å². The van der Waals surface area contributed by atoms with Gasteiger partial charge in [-0.3, -0.25) is 0 Å². The highest BCUT2D eigenvalue weighted by Gasteiger charge is 2.23. The molecule has 0 radical (unpaired) electrons. The molecule has 1 heterocycles. The first-order chi connectivity index (χ1) is 13.6. The van der Waals surface area contributed by atoms with Crippen LogP contribution in [-0.4, -0.2) is 24.3 Å². The first-order valence-electron chi connectivity index (χ1n) is 8.89. The minimum atomic E-state index is -2.69. The molecule has 3 aromatic rings. The summed E-state index contributed by atoms with van der Waals surface area (Å²) in [5.41, 5.74) is 2.33. The van der Waals surface area contributed by atoms with Gasteiger partial charge in [0.05, 0.1) is 16.3 Å². The van der Waals surface area contributed by atoms with Crippen LogP contribution in [0.1, 0.15) is 0 Å². The second-order valence-electron chi connectivity index (χ2n) is 6.25. The molecule has 0 aromatic heterocycles. The van der Waals surface area contributed by atoms with E-state index in [1.807, 2.05) is 12.1 Å². The molecule has 1 atom stereocenters. The van der Waals surface area contributed by atoms with E-state index in [0.717, 1.165) is 0 Å². The van der Waals surface area contributed by atoms with Gasteiger partial charge in [0.25, 0.3) is 0 Å². The number of halogens is 1. The van der Waals surface area contributed by atoms with Gasteiger partial charge in [-0.1, -0.05) is 47.6 Å². The van der Waals surface area contributed by atoms with Crippen LogP contribution in [0.2, 0.25) is 5.02 Å². The molecule has 1 aliphatic rings. The summed E-state index contributed by atoms with van der Waals surface area (Å²) < 4.78 is 20.6. The molecule has 7 heteroatoms. The van der Waals surface area contributed by atoms with Crippen molar-refractivity contribution in [2.45, 2.75) is 14.7 Å². The van der Waals surface area contributed by atoms with E-state index in [0.29, 0.717) is 23.0 Å². The lowest BCUT2D eigenvalue weighted by atomic mass is 10.2. The number of para-hydroxylation sites is 2. The maximum atomic E-state index is 13.3. The highest BCUT2D eigenvalue weighted by molar-refractivity contribution is 7.99. The second-order valence-corrected chi connectivity index (χ2v) is 9.94. The highest BCUT2D eigenvalue weighted by atomic mass is 35.5. The molecule has 28 heavy (non-hydrogen) atoms. The Morgan fingerprint density at radius 1 is 0.964 bits per heavy atom. The van der Waals surface area contributed by atoms with Crippen LogP contribution < -0.4 is 9.62 Å². The average Bonchev–Trinajstić information content (AvgIpc) is 2.73. The molecule has 1 unspecified atom stereocenters. The minimum absolute atomic E-state index is 0.520. The molecule has 1 aliphatic heterocycles. The quantitative estimate of drug-likeness (QED) is 0.573. The zero-order valence-corrected chi connectivity index (χ0v) is 17.7. The smallest absolute Gasteiger partial charge is 0.137 e. The predicted molar refractivity (Wildman–Crippen MR) is 118 cm³/mol. The van der Waals surface area contributed by atoms with E-state index >= 15 is 0 Å². The molecule has 144 valence electrons. The molecular weight excluding hydrogens is 410 g/mol. The Kier molecular flexibility index (Phi) is 5.64. The summed E-state index contributed by atoms with van der Waals surface area (Å²) in [6, 6.07) is 23.7. The summed E-state index contributed by atoms with van der Waals surface area (Å²) in [7, 11) is -1.12. The monoisotopic (exact) mass is 429 g/mol. The predicted octanol–water partition coefficient (Wildman–Crippen LogP) is 5.60. The maximum Gasteiger partial charge on any atom is 0.137 e. The zero-order valence-electron chi connectivity index (χ0n) is 15.3. The third-order valence-electron chi connectivity index (χ3n) is 4.56. The number of fused-ring (bicyclic) bond motifs is 2. The Morgan fingerprint density at radius 3 is 2.11 bits per heavy atom. The van der Waals surface area contributed by atoms with Crippen LogP contribution in [0.3, 0.4) is 0 Å². The second kappa shape index (κ2) is 8.17. The topological polar surface area (TPSA) is 44.7 Å². The van der Waals surface area contributed by atoms with Crippen LogP contribution >= 0.6 is 23.4 Å². The fourth-order valence-corrected chi connectivity index (χ4v) is 5.79. The number of nitrogens with one attached hydrogen (secondary N) is 1. The Labute approximate surface area is 175 Å². The molecule has 4 rings (SSSR count). The van der Waals surface area contributed by atoms with Gasteiger partial charge in [0.15, 0.2) is 0 Å². The molecule has 0 saturated carbocycles. The fraction of sp³-hybridized carbons (Fsp3) is 0.143. The van der Waals surface area contributed by atoms with Gasteiger partial charge in [0.1, 0.15) is 9.92 Å². The third kappa shape index (κ3) is 3.78. The summed E-state index contributed by atoms with van der Waals surface area (Å²) in [5, 5.41) is 0.612. The van der Waals surface area contributed by atoms with Gasteiger partial charge in [-0.2, -0.15) is 0 Å². The normalized spacial score (nSPS) is 14.7.